The second-order valence-electron chi connectivity index (χ2n) is 8.10. The van der Waals surface area contributed by atoms with E-state index in [9.17, 15) is 9.59 Å². The molecule has 2 aromatic carbocycles. The van der Waals surface area contributed by atoms with Crippen molar-refractivity contribution < 1.29 is 14.3 Å². The standard InChI is InChI=1S/C24H29N3O3/c1-30-20-10-5-17(6-11-20)15-23(28)25-19-9-12-22(27-13-3-2-4-14-27)21(16-19)24(29)26-18-7-8-18/h5-6,9-12,16,18H,2-4,7-8,13-15H2,1H3,(H,25,28)(H,26,29). The molecule has 158 valence electrons. The van der Waals surface area contributed by atoms with Gasteiger partial charge >= 0.3 is 0 Å². The average Bonchev–Trinajstić information content (AvgIpc) is 3.59. The van der Waals surface area contributed by atoms with Crippen LogP contribution in [0.5, 0.6) is 5.75 Å². The Morgan fingerprint density at radius 1 is 1.03 bits per heavy atom. The van der Waals surface area contributed by atoms with Crippen molar-refractivity contribution >= 4 is 23.2 Å². The molecule has 0 radical (unpaired) electrons. The summed E-state index contributed by atoms with van der Waals surface area (Å²) in [6.45, 7) is 1.93. The quantitative estimate of drug-likeness (QED) is 0.733. The molecule has 2 amide bonds. The number of nitrogens with one attached hydrogen (secondary N) is 2. The van der Waals surface area contributed by atoms with Gasteiger partial charge in [0.1, 0.15) is 5.75 Å². The molecule has 0 spiro atoms. The summed E-state index contributed by atoms with van der Waals surface area (Å²) in [4.78, 5) is 27.7. The molecule has 0 unspecified atom stereocenters. The topological polar surface area (TPSA) is 70.7 Å². The molecule has 2 aromatic rings. The minimum atomic E-state index is -0.112. The van der Waals surface area contributed by atoms with Gasteiger partial charge in [-0.3, -0.25) is 9.59 Å². The molecule has 4 rings (SSSR count). The Bertz CT molecular complexity index is 900. The van der Waals surface area contributed by atoms with E-state index in [4.69, 9.17) is 4.74 Å². The van der Waals surface area contributed by atoms with Crippen LogP contribution >= 0.6 is 0 Å². The van der Waals surface area contributed by atoms with Gasteiger partial charge in [0, 0.05) is 30.5 Å². The van der Waals surface area contributed by atoms with Crippen molar-refractivity contribution in [2.45, 2.75) is 44.6 Å². The minimum Gasteiger partial charge on any atom is -0.497 e. The summed E-state index contributed by atoms with van der Waals surface area (Å²) in [5.41, 5.74) is 3.16. The van der Waals surface area contributed by atoms with Crippen LogP contribution in [0.1, 0.15) is 48.0 Å². The van der Waals surface area contributed by atoms with E-state index < -0.39 is 0 Å². The first-order valence-electron chi connectivity index (χ1n) is 10.7. The van der Waals surface area contributed by atoms with Gasteiger partial charge in [0.2, 0.25) is 5.91 Å². The third kappa shape index (κ3) is 5.12. The summed E-state index contributed by atoms with van der Waals surface area (Å²) in [6, 6.07) is 13.4. The highest BCUT2D eigenvalue weighted by Crippen LogP contribution is 2.29. The Labute approximate surface area is 177 Å². The first kappa shape index (κ1) is 20.3. The lowest BCUT2D eigenvalue weighted by Gasteiger charge is -2.30. The summed E-state index contributed by atoms with van der Waals surface area (Å²) in [5.74, 6) is 0.600. The van der Waals surface area contributed by atoms with Crippen LogP contribution in [0.2, 0.25) is 0 Å². The average molecular weight is 408 g/mol. The number of benzene rings is 2. The molecule has 0 bridgehead atoms. The van der Waals surface area contributed by atoms with Crippen LogP contribution in [0.3, 0.4) is 0 Å². The monoisotopic (exact) mass is 407 g/mol. The highest BCUT2D eigenvalue weighted by atomic mass is 16.5. The van der Waals surface area contributed by atoms with Gasteiger partial charge in [0.05, 0.1) is 19.1 Å². The lowest BCUT2D eigenvalue weighted by molar-refractivity contribution is -0.115. The van der Waals surface area contributed by atoms with E-state index in [0.29, 0.717) is 17.3 Å². The Hall–Kier alpha value is -3.02. The lowest BCUT2D eigenvalue weighted by atomic mass is 10.1. The molecule has 1 saturated carbocycles. The minimum absolute atomic E-state index is 0.0515. The van der Waals surface area contributed by atoms with Crippen LogP contribution < -0.4 is 20.3 Å². The van der Waals surface area contributed by atoms with Gasteiger partial charge in [0.15, 0.2) is 0 Å². The molecule has 1 aliphatic heterocycles. The fourth-order valence-corrected chi connectivity index (χ4v) is 3.83. The maximum Gasteiger partial charge on any atom is 0.253 e. The molecule has 6 heteroatoms. The van der Waals surface area contributed by atoms with Crippen LogP contribution in [0, 0.1) is 0 Å². The van der Waals surface area contributed by atoms with Crippen LogP contribution in [0.15, 0.2) is 42.5 Å². The molecular formula is C24H29N3O3. The van der Waals surface area contributed by atoms with Gasteiger partial charge in [-0.1, -0.05) is 12.1 Å². The lowest BCUT2D eigenvalue weighted by Crippen LogP contribution is -2.33. The number of rotatable bonds is 7. The predicted molar refractivity (Wildman–Crippen MR) is 118 cm³/mol. The largest absolute Gasteiger partial charge is 0.497 e. The van der Waals surface area contributed by atoms with Crippen LogP contribution in [-0.4, -0.2) is 38.1 Å². The van der Waals surface area contributed by atoms with Crippen molar-refractivity contribution in [2.75, 3.05) is 30.4 Å². The number of amides is 2. The molecule has 0 aromatic heterocycles. The van der Waals surface area contributed by atoms with E-state index in [1.165, 1.54) is 6.42 Å². The number of methoxy groups -OCH3 is 1. The SMILES string of the molecule is COc1ccc(CC(=O)Nc2ccc(N3CCCCC3)c(C(=O)NC3CC3)c2)cc1. The smallest absolute Gasteiger partial charge is 0.253 e. The van der Waals surface area contributed by atoms with Gasteiger partial charge in [-0.15, -0.1) is 0 Å². The first-order chi connectivity index (χ1) is 14.6. The summed E-state index contributed by atoms with van der Waals surface area (Å²) in [5, 5.41) is 6.04. The maximum absolute atomic E-state index is 12.9. The van der Waals surface area contributed by atoms with Gasteiger partial charge in [-0.05, 0) is 68.0 Å². The van der Waals surface area contributed by atoms with Gasteiger partial charge in [-0.2, -0.15) is 0 Å². The van der Waals surface area contributed by atoms with Crippen molar-refractivity contribution in [1.82, 2.24) is 5.32 Å². The number of hydrogen-bond acceptors (Lipinski definition) is 4. The normalized spacial score (nSPS) is 16.1. The van der Waals surface area contributed by atoms with Crippen molar-refractivity contribution in [1.29, 1.82) is 0 Å². The molecule has 6 nitrogen and oxygen atoms in total. The second kappa shape index (κ2) is 9.20. The number of ether oxygens (including phenoxy) is 1. The van der Waals surface area contributed by atoms with Gasteiger partial charge in [0.25, 0.3) is 5.91 Å². The Balaban J connectivity index is 1.49. The predicted octanol–water partition coefficient (Wildman–Crippen LogP) is 3.76. The second-order valence-corrected chi connectivity index (χ2v) is 8.10. The fraction of sp³-hybridized carbons (Fsp3) is 0.417. The summed E-state index contributed by atoms with van der Waals surface area (Å²) in [7, 11) is 1.62. The van der Waals surface area contributed by atoms with Crippen LogP contribution in [-0.2, 0) is 11.2 Å². The zero-order valence-electron chi connectivity index (χ0n) is 17.4. The molecule has 1 aliphatic carbocycles. The highest BCUT2D eigenvalue weighted by molar-refractivity contribution is 6.02. The first-order valence-corrected chi connectivity index (χ1v) is 10.7. The van der Waals surface area contributed by atoms with E-state index >= 15 is 0 Å². The van der Waals surface area contributed by atoms with Crippen molar-refractivity contribution in [3.05, 3.63) is 53.6 Å². The van der Waals surface area contributed by atoms with Gasteiger partial charge < -0.3 is 20.3 Å². The zero-order valence-corrected chi connectivity index (χ0v) is 17.4. The number of carbonyl (C=O) groups is 2. The molecule has 0 atom stereocenters. The number of nitrogens with zero attached hydrogens (tertiary/aromatic N) is 1. The molecule has 30 heavy (non-hydrogen) atoms. The molecule has 2 aliphatic rings. The molecule has 2 N–H and O–H groups in total. The van der Waals surface area contributed by atoms with Gasteiger partial charge in [-0.25, -0.2) is 0 Å². The molecule has 2 fully saturated rings. The third-order valence-electron chi connectivity index (χ3n) is 5.66. The fourth-order valence-electron chi connectivity index (χ4n) is 3.83. The molecule has 1 heterocycles. The maximum atomic E-state index is 12.9. The van der Waals surface area contributed by atoms with Crippen molar-refractivity contribution in [2.24, 2.45) is 0 Å². The van der Waals surface area contributed by atoms with E-state index in [-0.39, 0.29) is 18.2 Å². The van der Waals surface area contributed by atoms with E-state index in [0.717, 1.165) is 55.8 Å². The van der Waals surface area contributed by atoms with Crippen molar-refractivity contribution in [3.63, 3.8) is 0 Å². The molecular weight excluding hydrogens is 378 g/mol. The Morgan fingerprint density at radius 3 is 2.43 bits per heavy atom. The summed E-state index contributed by atoms with van der Waals surface area (Å²) in [6.07, 6.45) is 5.88. The van der Waals surface area contributed by atoms with E-state index in [1.807, 2.05) is 42.5 Å². The Kier molecular flexibility index (Phi) is 6.21. The Morgan fingerprint density at radius 2 is 1.77 bits per heavy atom. The zero-order chi connectivity index (χ0) is 20.9. The summed E-state index contributed by atoms with van der Waals surface area (Å²) >= 11 is 0. The van der Waals surface area contributed by atoms with Crippen molar-refractivity contribution in [3.8, 4) is 5.75 Å². The van der Waals surface area contributed by atoms with E-state index in [1.54, 1.807) is 7.11 Å². The number of anilines is 2. The molecule has 1 saturated heterocycles. The number of carbonyl (C=O) groups excluding carboxylic acids is 2. The van der Waals surface area contributed by atoms with Crippen LogP contribution in [0.4, 0.5) is 11.4 Å². The van der Waals surface area contributed by atoms with E-state index in [2.05, 4.69) is 15.5 Å². The summed E-state index contributed by atoms with van der Waals surface area (Å²) < 4.78 is 5.16. The highest BCUT2D eigenvalue weighted by Gasteiger charge is 2.26. The van der Waals surface area contributed by atoms with Crippen LogP contribution in [0.25, 0.3) is 0 Å². The number of hydrogen-bond donors (Lipinski definition) is 2. The number of piperidine rings is 1. The third-order valence-corrected chi connectivity index (χ3v) is 5.66.